The Balaban J connectivity index is 1.40. The molecule has 2 aromatic carbocycles. The second kappa shape index (κ2) is 8.03. The van der Waals surface area contributed by atoms with Crippen molar-refractivity contribution in [2.24, 2.45) is 4.40 Å². The van der Waals surface area contributed by atoms with Crippen molar-refractivity contribution < 1.29 is 8.42 Å². The van der Waals surface area contributed by atoms with Crippen molar-refractivity contribution in [3.8, 4) is 0 Å². The molecule has 0 aliphatic carbocycles. The minimum atomic E-state index is -3.64. The van der Waals surface area contributed by atoms with E-state index in [1.54, 1.807) is 6.07 Å². The summed E-state index contributed by atoms with van der Waals surface area (Å²) in [6.45, 7) is 7.20. The van der Waals surface area contributed by atoms with Crippen molar-refractivity contribution >= 4 is 21.5 Å². The van der Waals surface area contributed by atoms with E-state index in [2.05, 4.69) is 43.8 Å². The molecule has 4 rings (SSSR count). The molecule has 2 aliphatic rings. The van der Waals surface area contributed by atoms with Gasteiger partial charge in [-0.25, -0.2) is 0 Å². The number of sulfonamides is 1. The number of fused-ring (bicyclic) bond motifs is 1. The lowest BCUT2D eigenvalue weighted by Gasteiger charge is -2.25. The fraction of sp³-hybridized carbons (Fsp3) is 0.381. The van der Waals surface area contributed by atoms with E-state index in [9.17, 15) is 8.42 Å². The molecule has 148 valence electrons. The van der Waals surface area contributed by atoms with Gasteiger partial charge in [0.2, 0.25) is 0 Å². The lowest BCUT2D eigenvalue weighted by atomic mass is 10.2. The number of amidine groups is 1. The molecule has 1 fully saturated rings. The zero-order valence-corrected chi connectivity index (χ0v) is 17.0. The topological polar surface area (TPSA) is 65.0 Å². The fourth-order valence-electron chi connectivity index (χ4n) is 3.78. The number of hydrogen-bond acceptors (Lipinski definition) is 5. The first kappa shape index (κ1) is 19.1. The van der Waals surface area contributed by atoms with Crippen LogP contribution in [0.15, 0.2) is 57.8 Å². The number of benzene rings is 2. The van der Waals surface area contributed by atoms with E-state index in [0.717, 1.165) is 44.7 Å². The van der Waals surface area contributed by atoms with E-state index in [-0.39, 0.29) is 4.90 Å². The summed E-state index contributed by atoms with van der Waals surface area (Å²) in [4.78, 5) is 5.01. The second-order valence-corrected chi connectivity index (χ2v) is 9.10. The van der Waals surface area contributed by atoms with Crippen molar-refractivity contribution in [2.45, 2.75) is 24.8 Å². The second-order valence-electron chi connectivity index (χ2n) is 7.53. The summed E-state index contributed by atoms with van der Waals surface area (Å²) in [5, 5.41) is 3.21. The zero-order valence-electron chi connectivity index (χ0n) is 16.1. The molecule has 28 heavy (non-hydrogen) atoms. The highest BCUT2D eigenvalue weighted by Gasteiger charge is 2.26. The van der Waals surface area contributed by atoms with Crippen LogP contribution in [-0.2, 0) is 16.6 Å². The minimum absolute atomic E-state index is 0.265. The smallest absolute Gasteiger partial charge is 0.286 e. The first-order valence-electron chi connectivity index (χ1n) is 9.70. The van der Waals surface area contributed by atoms with E-state index in [1.807, 2.05) is 25.1 Å². The van der Waals surface area contributed by atoms with Crippen molar-refractivity contribution in [3.05, 3.63) is 59.7 Å². The highest BCUT2D eigenvalue weighted by atomic mass is 32.2. The maximum absolute atomic E-state index is 12.5. The summed E-state index contributed by atoms with van der Waals surface area (Å²) in [5.74, 6) is 0.507. The molecule has 0 amide bonds. The largest absolute Gasteiger partial charge is 0.341 e. The zero-order chi connectivity index (χ0) is 19.6. The van der Waals surface area contributed by atoms with E-state index in [4.69, 9.17) is 0 Å². The Morgan fingerprint density at radius 3 is 2.43 bits per heavy atom. The number of rotatable bonds is 4. The quantitative estimate of drug-likeness (QED) is 0.858. The van der Waals surface area contributed by atoms with Crippen LogP contribution in [0.1, 0.15) is 17.5 Å². The summed E-state index contributed by atoms with van der Waals surface area (Å²) in [6, 6.07) is 15.9. The third-order valence-corrected chi connectivity index (χ3v) is 6.58. The SMILES string of the molecule is Cc1ccc2c(c1)S(=O)(=O)N=C(CN1CCCN(Cc3ccccc3)CC1)N2. The Bertz CT molecular complexity index is 973. The summed E-state index contributed by atoms with van der Waals surface area (Å²) in [5.41, 5.74) is 2.86. The molecule has 0 unspecified atom stereocenters. The van der Waals surface area contributed by atoms with E-state index in [1.165, 1.54) is 5.56 Å². The predicted molar refractivity (Wildman–Crippen MR) is 112 cm³/mol. The summed E-state index contributed by atoms with van der Waals surface area (Å²) < 4.78 is 29.1. The molecule has 2 aliphatic heterocycles. The molecule has 6 nitrogen and oxygen atoms in total. The van der Waals surface area contributed by atoms with Gasteiger partial charge < -0.3 is 5.32 Å². The number of anilines is 1. The van der Waals surface area contributed by atoms with Gasteiger partial charge in [-0.2, -0.15) is 8.42 Å². The highest BCUT2D eigenvalue weighted by molar-refractivity contribution is 7.90. The van der Waals surface area contributed by atoms with Gasteiger partial charge >= 0.3 is 0 Å². The number of aryl methyl sites for hydroxylation is 1. The molecule has 2 heterocycles. The molecule has 0 aromatic heterocycles. The van der Waals surface area contributed by atoms with Crippen LogP contribution in [0.5, 0.6) is 0 Å². The average Bonchev–Trinajstić information content (AvgIpc) is 2.88. The van der Waals surface area contributed by atoms with Crippen LogP contribution in [0.25, 0.3) is 0 Å². The highest BCUT2D eigenvalue weighted by Crippen LogP contribution is 2.28. The summed E-state index contributed by atoms with van der Waals surface area (Å²) >= 11 is 0. The van der Waals surface area contributed by atoms with Gasteiger partial charge in [-0.05, 0) is 49.7 Å². The number of nitrogens with zero attached hydrogens (tertiary/aromatic N) is 3. The first-order valence-corrected chi connectivity index (χ1v) is 11.1. The van der Waals surface area contributed by atoms with Crippen LogP contribution in [0.2, 0.25) is 0 Å². The predicted octanol–water partition coefficient (Wildman–Crippen LogP) is 2.72. The molecule has 2 aromatic rings. The lowest BCUT2D eigenvalue weighted by Crippen LogP contribution is -2.38. The summed E-state index contributed by atoms with van der Waals surface area (Å²) in [7, 11) is -3.64. The molecule has 0 atom stereocenters. The van der Waals surface area contributed by atoms with Gasteiger partial charge in [0.15, 0.2) is 0 Å². The van der Waals surface area contributed by atoms with Gasteiger partial charge in [-0.15, -0.1) is 4.40 Å². The fourth-order valence-corrected chi connectivity index (χ4v) is 5.00. The van der Waals surface area contributed by atoms with Crippen molar-refractivity contribution in [1.29, 1.82) is 0 Å². The van der Waals surface area contributed by atoms with Gasteiger partial charge in [0.25, 0.3) is 10.0 Å². The third-order valence-electron chi connectivity index (χ3n) is 5.23. The third kappa shape index (κ3) is 4.43. The Morgan fingerprint density at radius 2 is 1.68 bits per heavy atom. The molecule has 7 heteroatoms. The molecule has 0 spiro atoms. The standard InChI is InChI=1S/C21H26N4O2S/c1-17-8-9-19-20(14-17)28(26,27)23-21(22-19)16-25-11-5-10-24(12-13-25)15-18-6-3-2-4-7-18/h2-4,6-9,14H,5,10-13,15-16H2,1H3,(H,22,23). The average molecular weight is 399 g/mol. The van der Waals surface area contributed by atoms with Crippen molar-refractivity contribution in [1.82, 2.24) is 9.80 Å². The molecule has 0 bridgehead atoms. The van der Waals surface area contributed by atoms with Gasteiger partial charge in [-0.1, -0.05) is 36.4 Å². The maximum atomic E-state index is 12.5. The Labute approximate surface area is 166 Å². The van der Waals surface area contributed by atoms with Gasteiger partial charge in [0, 0.05) is 19.6 Å². The van der Waals surface area contributed by atoms with Crippen LogP contribution in [-0.4, -0.2) is 56.8 Å². The molecule has 0 radical (unpaired) electrons. The van der Waals surface area contributed by atoms with Gasteiger partial charge in [0.1, 0.15) is 10.7 Å². The number of hydrogen-bond donors (Lipinski definition) is 1. The van der Waals surface area contributed by atoms with Crippen LogP contribution >= 0.6 is 0 Å². The monoisotopic (exact) mass is 398 g/mol. The van der Waals surface area contributed by atoms with E-state index >= 15 is 0 Å². The Kier molecular flexibility index (Phi) is 5.48. The number of nitrogens with one attached hydrogen (secondary N) is 1. The summed E-state index contributed by atoms with van der Waals surface area (Å²) in [6.07, 6.45) is 1.06. The van der Waals surface area contributed by atoms with Gasteiger partial charge in [0.05, 0.1) is 12.2 Å². The van der Waals surface area contributed by atoms with Crippen LogP contribution in [0.3, 0.4) is 0 Å². The lowest BCUT2D eigenvalue weighted by molar-refractivity contribution is 0.264. The van der Waals surface area contributed by atoms with Crippen LogP contribution < -0.4 is 5.32 Å². The van der Waals surface area contributed by atoms with Crippen molar-refractivity contribution in [3.63, 3.8) is 0 Å². The molecular formula is C21H26N4O2S. The first-order chi connectivity index (χ1) is 13.5. The van der Waals surface area contributed by atoms with Crippen LogP contribution in [0.4, 0.5) is 5.69 Å². The van der Waals surface area contributed by atoms with Crippen molar-refractivity contribution in [2.75, 3.05) is 38.0 Å². The maximum Gasteiger partial charge on any atom is 0.286 e. The van der Waals surface area contributed by atoms with Crippen LogP contribution in [0, 0.1) is 6.92 Å². The normalized spacial score (nSPS) is 20.0. The Hall–Kier alpha value is -2.22. The Morgan fingerprint density at radius 1 is 0.964 bits per heavy atom. The molecule has 1 saturated heterocycles. The van der Waals surface area contributed by atoms with E-state index < -0.39 is 10.0 Å². The van der Waals surface area contributed by atoms with Gasteiger partial charge in [-0.3, -0.25) is 9.80 Å². The molecule has 0 saturated carbocycles. The minimum Gasteiger partial charge on any atom is -0.341 e. The molecular weight excluding hydrogens is 372 g/mol. The molecule has 1 N–H and O–H groups in total. The van der Waals surface area contributed by atoms with E-state index in [0.29, 0.717) is 18.1 Å².